The fourth-order valence-electron chi connectivity index (χ4n) is 1.54. The molecule has 1 aromatic carbocycles. The second-order valence-electron chi connectivity index (χ2n) is 3.33. The van der Waals surface area contributed by atoms with Crippen LogP contribution in [0.1, 0.15) is 6.92 Å². The molecule has 1 heterocycles. The Balaban J connectivity index is 2.49. The van der Waals surface area contributed by atoms with E-state index in [9.17, 15) is 19.5 Å². The molecule has 0 N–H and O–H groups in total. The summed E-state index contributed by atoms with van der Waals surface area (Å²) in [6.07, 6.45) is 0. The molecule has 1 amide bonds. The summed E-state index contributed by atoms with van der Waals surface area (Å²) in [5, 5.41) is 10.5. The number of hydrogen-bond acceptors (Lipinski definition) is 4. The number of nitrogens with zero attached hydrogens (tertiary/aromatic N) is 2. The van der Waals surface area contributed by atoms with Gasteiger partial charge in [-0.2, -0.15) is 0 Å². The molecule has 7 heteroatoms. The number of carbonyl (C=O) groups excluding carboxylic acids is 1. The van der Waals surface area contributed by atoms with Crippen molar-refractivity contribution in [3.63, 3.8) is 0 Å². The minimum absolute atomic E-state index is 0.0752. The van der Waals surface area contributed by atoms with Crippen LogP contribution in [0.15, 0.2) is 23.1 Å². The van der Waals surface area contributed by atoms with E-state index in [0.29, 0.717) is 10.6 Å². The predicted molar refractivity (Wildman–Crippen MR) is 57.5 cm³/mol. The van der Waals surface area contributed by atoms with Gasteiger partial charge in [0, 0.05) is 24.2 Å². The van der Waals surface area contributed by atoms with Crippen LogP contribution in [0.4, 0.5) is 11.4 Å². The Kier molecular flexibility index (Phi) is 2.56. The first-order valence-corrected chi connectivity index (χ1v) is 5.77. The van der Waals surface area contributed by atoms with Crippen molar-refractivity contribution < 1.29 is 14.3 Å². The average molecular weight is 240 g/mol. The van der Waals surface area contributed by atoms with Crippen molar-refractivity contribution in [2.45, 2.75) is 11.8 Å². The van der Waals surface area contributed by atoms with Gasteiger partial charge in [-0.15, -0.1) is 0 Å². The summed E-state index contributed by atoms with van der Waals surface area (Å²) in [6, 6.07) is 4.02. The predicted octanol–water partition coefficient (Wildman–Crippen LogP) is 1.03. The molecule has 0 fully saturated rings. The zero-order valence-corrected chi connectivity index (χ0v) is 9.19. The third-order valence-corrected chi connectivity index (χ3v) is 3.63. The van der Waals surface area contributed by atoms with Crippen LogP contribution in [0.3, 0.4) is 0 Å². The molecule has 0 radical (unpaired) electrons. The highest BCUT2D eigenvalue weighted by atomic mass is 32.2. The Morgan fingerprint density at radius 2 is 2.25 bits per heavy atom. The summed E-state index contributed by atoms with van der Waals surface area (Å²) < 4.78 is 11.6. The lowest BCUT2D eigenvalue weighted by Crippen LogP contribution is -2.27. The zero-order valence-electron chi connectivity index (χ0n) is 8.37. The normalized spacial score (nSPS) is 18.4. The second kappa shape index (κ2) is 3.76. The van der Waals surface area contributed by atoms with E-state index in [1.54, 1.807) is 0 Å². The lowest BCUT2D eigenvalue weighted by atomic mass is 10.2. The first-order valence-electron chi connectivity index (χ1n) is 4.45. The highest BCUT2D eigenvalue weighted by molar-refractivity contribution is 7.92. The third-order valence-electron chi connectivity index (χ3n) is 2.32. The maximum absolute atomic E-state index is 11.6. The summed E-state index contributed by atoms with van der Waals surface area (Å²) in [5.74, 6) is -0.146. The molecule has 1 aromatic rings. The Morgan fingerprint density at radius 3 is 2.81 bits per heavy atom. The van der Waals surface area contributed by atoms with Crippen molar-refractivity contribution in [1.82, 2.24) is 0 Å². The summed E-state index contributed by atoms with van der Waals surface area (Å²) in [5.41, 5.74) is 0.383. The SMILES string of the molecule is CC(=O)N1C[S+]([O-])c2cc([N+](=O)[O-])ccc21. The van der Waals surface area contributed by atoms with Gasteiger partial charge in [0.25, 0.3) is 5.69 Å². The minimum atomic E-state index is -1.37. The van der Waals surface area contributed by atoms with Crippen LogP contribution < -0.4 is 4.90 Å². The summed E-state index contributed by atoms with van der Waals surface area (Å²) in [7, 11) is 0. The van der Waals surface area contributed by atoms with Crippen molar-refractivity contribution in [3.05, 3.63) is 28.3 Å². The molecule has 0 spiro atoms. The Hall–Kier alpha value is -1.60. The van der Waals surface area contributed by atoms with Crippen LogP contribution in [0, 0.1) is 10.1 Å². The number of anilines is 1. The van der Waals surface area contributed by atoms with E-state index in [0.717, 1.165) is 0 Å². The van der Waals surface area contributed by atoms with E-state index in [-0.39, 0.29) is 17.5 Å². The number of amides is 1. The van der Waals surface area contributed by atoms with Crippen molar-refractivity contribution in [3.8, 4) is 0 Å². The molecule has 0 saturated heterocycles. The summed E-state index contributed by atoms with van der Waals surface area (Å²) in [4.78, 5) is 22.9. The maximum Gasteiger partial charge on any atom is 0.274 e. The number of non-ortho nitro benzene ring substituents is 1. The van der Waals surface area contributed by atoms with Gasteiger partial charge in [-0.05, 0) is 6.07 Å². The van der Waals surface area contributed by atoms with Crippen LogP contribution in [0.25, 0.3) is 0 Å². The summed E-state index contributed by atoms with van der Waals surface area (Å²) >= 11 is -1.37. The van der Waals surface area contributed by atoms with Gasteiger partial charge in [-0.3, -0.25) is 19.8 Å². The largest absolute Gasteiger partial charge is 0.610 e. The van der Waals surface area contributed by atoms with E-state index < -0.39 is 16.1 Å². The number of rotatable bonds is 1. The fourth-order valence-corrected chi connectivity index (χ4v) is 2.90. The fraction of sp³-hybridized carbons (Fsp3) is 0.222. The molecular formula is C9H8N2O4S. The number of nitro benzene ring substituents is 1. The van der Waals surface area contributed by atoms with Gasteiger partial charge in [0.05, 0.1) is 11.0 Å². The van der Waals surface area contributed by atoms with Crippen LogP contribution in [0.2, 0.25) is 0 Å². The maximum atomic E-state index is 11.6. The second-order valence-corrected chi connectivity index (χ2v) is 4.72. The van der Waals surface area contributed by atoms with E-state index in [2.05, 4.69) is 0 Å². The lowest BCUT2D eigenvalue weighted by Gasteiger charge is -2.09. The standard InChI is InChI=1S/C9H8N2O4S/c1-6(12)10-5-16(15)9-4-7(11(13)14)2-3-8(9)10/h2-4H,5H2,1H3. The van der Waals surface area contributed by atoms with E-state index >= 15 is 0 Å². The molecule has 0 aliphatic carbocycles. The van der Waals surface area contributed by atoms with Gasteiger partial charge >= 0.3 is 0 Å². The molecular weight excluding hydrogens is 232 g/mol. The zero-order chi connectivity index (χ0) is 11.9. The number of hydrogen-bond donors (Lipinski definition) is 0. The van der Waals surface area contributed by atoms with Gasteiger partial charge in [0.1, 0.15) is 5.69 Å². The highest BCUT2D eigenvalue weighted by Gasteiger charge is 2.35. The van der Waals surface area contributed by atoms with Crippen LogP contribution >= 0.6 is 0 Å². The van der Waals surface area contributed by atoms with Crippen LogP contribution in [-0.4, -0.2) is 21.3 Å². The first kappa shape index (κ1) is 10.9. The van der Waals surface area contributed by atoms with Crippen molar-refractivity contribution >= 4 is 28.5 Å². The first-order chi connectivity index (χ1) is 7.50. The molecule has 0 bridgehead atoms. The Bertz CT molecular complexity index is 477. The topological polar surface area (TPSA) is 86.5 Å². The molecule has 1 atom stereocenters. The Morgan fingerprint density at radius 1 is 1.56 bits per heavy atom. The van der Waals surface area contributed by atoms with Gasteiger partial charge in [-0.25, -0.2) is 0 Å². The van der Waals surface area contributed by atoms with E-state index in [1.165, 1.54) is 30.0 Å². The number of benzene rings is 1. The number of fused-ring (bicyclic) bond motifs is 1. The molecule has 2 rings (SSSR count). The van der Waals surface area contributed by atoms with Crippen molar-refractivity contribution in [2.24, 2.45) is 0 Å². The van der Waals surface area contributed by atoms with Crippen molar-refractivity contribution in [2.75, 3.05) is 10.8 Å². The summed E-state index contributed by atoms with van der Waals surface area (Å²) in [6.45, 7) is 1.37. The molecule has 84 valence electrons. The molecule has 1 aliphatic rings. The van der Waals surface area contributed by atoms with Gasteiger partial charge in [-0.1, -0.05) is 0 Å². The number of carbonyl (C=O) groups is 1. The Labute approximate surface area is 94.2 Å². The molecule has 0 saturated carbocycles. The van der Waals surface area contributed by atoms with Crippen LogP contribution in [-0.2, 0) is 16.0 Å². The molecule has 6 nitrogen and oxygen atoms in total. The van der Waals surface area contributed by atoms with Gasteiger partial charge in [0.2, 0.25) is 5.91 Å². The highest BCUT2D eigenvalue weighted by Crippen LogP contribution is 2.36. The quantitative estimate of drug-likeness (QED) is 0.416. The average Bonchev–Trinajstić information content (AvgIpc) is 2.56. The lowest BCUT2D eigenvalue weighted by molar-refractivity contribution is -0.385. The molecule has 1 aliphatic heterocycles. The molecule has 16 heavy (non-hydrogen) atoms. The molecule has 1 unspecified atom stereocenters. The van der Waals surface area contributed by atoms with E-state index in [4.69, 9.17) is 0 Å². The van der Waals surface area contributed by atoms with Gasteiger partial charge in [0.15, 0.2) is 10.8 Å². The molecule has 0 aromatic heterocycles. The monoisotopic (exact) mass is 240 g/mol. The minimum Gasteiger partial charge on any atom is -0.610 e. The van der Waals surface area contributed by atoms with Gasteiger partial charge < -0.3 is 4.55 Å². The van der Waals surface area contributed by atoms with Crippen molar-refractivity contribution in [1.29, 1.82) is 0 Å². The smallest absolute Gasteiger partial charge is 0.274 e. The number of nitro groups is 1. The van der Waals surface area contributed by atoms with E-state index in [1.807, 2.05) is 0 Å². The third kappa shape index (κ3) is 1.63. The van der Waals surface area contributed by atoms with Crippen LogP contribution in [0.5, 0.6) is 0 Å².